The van der Waals surface area contributed by atoms with Crippen molar-refractivity contribution in [2.75, 3.05) is 51.1 Å². The lowest BCUT2D eigenvalue weighted by atomic mass is 10.3. The third-order valence-electron chi connectivity index (χ3n) is 4.32. The molecule has 1 saturated heterocycles. The van der Waals surface area contributed by atoms with Gasteiger partial charge in [0, 0.05) is 32.7 Å². The molecule has 2 aliphatic heterocycles. The van der Waals surface area contributed by atoms with E-state index in [0.29, 0.717) is 31.2 Å². The normalized spacial score (nSPS) is 19.8. The van der Waals surface area contributed by atoms with E-state index in [0.717, 1.165) is 26.2 Å². The molecule has 0 atom stereocenters. The van der Waals surface area contributed by atoms with E-state index in [-0.39, 0.29) is 10.8 Å². The Kier molecular flexibility index (Phi) is 5.70. The molecule has 0 aromatic heterocycles. The minimum absolute atomic E-state index is 0.0145. The van der Waals surface area contributed by atoms with Crippen molar-refractivity contribution in [1.82, 2.24) is 15.1 Å². The predicted molar refractivity (Wildman–Crippen MR) is 101 cm³/mol. The molecule has 1 aromatic carbocycles. The third kappa shape index (κ3) is 4.48. The molecule has 9 heteroatoms. The number of amidine groups is 1. The third-order valence-corrected chi connectivity index (χ3v) is 5.70. The molecule has 0 spiro atoms. The van der Waals surface area contributed by atoms with E-state index in [1.165, 1.54) is 0 Å². The second-order valence-corrected chi connectivity index (χ2v) is 7.85. The number of para-hydroxylation sites is 1. The lowest BCUT2D eigenvalue weighted by Crippen LogP contribution is -2.51. The second-order valence-electron chi connectivity index (χ2n) is 6.28. The summed E-state index contributed by atoms with van der Waals surface area (Å²) in [5.74, 6) is 0.417. The number of nitrogens with one attached hydrogen (secondary N) is 2. The van der Waals surface area contributed by atoms with Gasteiger partial charge < -0.3 is 10.6 Å². The van der Waals surface area contributed by atoms with E-state index >= 15 is 0 Å². The van der Waals surface area contributed by atoms with Gasteiger partial charge in [0.2, 0.25) is 5.91 Å². The van der Waals surface area contributed by atoms with E-state index < -0.39 is 10.0 Å². The molecule has 0 unspecified atom stereocenters. The van der Waals surface area contributed by atoms with Gasteiger partial charge >= 0.3 is 0 Å². The van der Waals surface area contributed by atoms with Crippen LogP contribution >= 0.6 is 0 Å². The first kappa shape index (κ1) is 18.6. The van der Waals surface area contributed by atoms with Gasteiger partial charge in [0.05, 0.1) is 18.8 Å². The number of anilines is 1. The van der Waals surface area contributed by atoms with Gasteiger partial charge in [-0.25, -0.2) is 0 Å². The number of piperazine rings is 1. The largest absolute Gasteiger partial charge is 0.352 e. The topological polar surface area (TPSA) is 94.1 Å². The van der Waals surface area contributed by atoms with Crippen LogP contribution in [0.15, 0.2) is 46.2 Å². The van der Waals surface area contributed by atoms with Crippen LogP contribution < -0.4 is 10.6 Å². The average molecular weight is 377 g/mol. The Hall–Kier alpha value is -2.23. The Balaban J connectivity index is 1.53. The van der Waals surface area contributed by atoms with E-state index in [4.69, 9.17) is 0 Å². The van der Waals surface area contributed by atoms with Crippen molar-refractivity contribution >= 4 is 27.5 Å². The number of hydrogen-bond donors (Lipinski definition) is 2. The van der Waals surface area contributed by atoms with Crippen molar-refractivity contribution in [3.05, 3.63) is 36.9 Å². The van der Waals surface area contributed by atoms with Gasteiger partial charge in [-0.05, 0) is 12.1 Å². The maximum Gasteiger partial charge on any atom is 0.286 e. The molecule has 8 nitrogen and oxygen atoms in total. The first-order valence-electron chi connectivity index (χ1n) is 8.50. The Morgan fingerprint density at radius 1 is 1.23 bits per heavy atom. The van der Waals surface area contributed by atoms with E-state index in [9.17, 15) is 13.2 Å². The number of amides is 1. The molecule has 1 amide bonds. The van der Waals surface area contributed by atoms with E-state index in [1.807, 2.05) is 0 Å². The molecule has 2 heterocycles. The highest BCUT2D eigenvalue weighted by Crippen LogP contribution is 2.26. The smallest absolute Gasteiger partial charge is 0.286 e. The fourth-order valence-corrected chi connectivity index (χ4v) is 4.14. The molecule has 3 rings (SSSR count). The monoisotopic (exact) mass is 377 g/mol. The minimum atomic E-state index is -3.65. The van der Waals surface area contributed by atoms with Crippen LogP contribution in [0.25, 0.3) is 0 Å². The Morgan fingerprint density at radius 2 is 1.92 bits per heavy atom. The molecule has 2 N–H and O–H groups in total. The number of benzene rings is 1. The minimum Gasteiger partial charge on any atom is -0.352 e. The summed E-state index contributed by atoms with van der Waals surface area (Å²) in [7, 11) is -3.65. The molecule has 1 aromatic rings. The van der Waals surface area contributed by atoms with Gasteiger partial charge in [0.25, 0.3) is 10.0 Å². The zero-order valence-electron chi connectivity index (χ0n) is 14.5. The number of carbonyl (C=O) groups excluding carboxylic acids is 1. The zero-order chi connectivity index (χ0) is 18.6. The summed E-state index contributed by atoms with van der Waals surface area (Å²) in [5.41, 5.74) is 0.565. The SMILES string of the molecule is C=CCNC(=O)CN1CCN(CC2=NS(=O)(=O)c3ccccc3N2)CC1. The summed E-state index contributed by atoms with van der Waals surface area (Å²) in [6.45, 7) is 7.84. The van der Waals surface area contributed by atoms with Gasteiger partial charge in [0.1, 0.15) is 10.7 Å². The van der Waals surface area contributed by atoms with Crippen molar-refractivity contribution in [3.63, 3.8) is 0 Å². The van der Waals surface area contributed by atoms with Crippen LogP contribution in [-0.4, -0.2) is 75.8 Å². The Labute approximate surface area is 153 Å². The summed E-state index contributed by atoms with van der Waals surface area (Å²) in [6, 6.07) is 6.76. The average Bonchev–Trinajstić information content (AvgIpc) is 2.61. The molecule has 1 fully saturated rings. The molecule has 140 valence electrons. The van der Waals surface area contributed by atoms with Crippen molar-refractivity contribution in [1.29, 1.82) is 0 Å². The van der Waals surface area contributed by atoms with Crippen molar-refractivity contribution in [2.45, 2.75) is 4.90 Å². The van der Waals surface area contributed by atoms with Crippen LogP contribution in [-0.2, 0) is 14.8 Å². The first-order valence-corrected chi connectivity index (χ1v) is 9.94. The molecule has 0 aliphatic carbocycles. The molecule has 2 aliphatic rings. The lowest BCUT2D eigenvalue weighted by Gasteiger charge is -2.34. The van der Waals surface area contributed by atoms with Gasteiger partial charge in [-0.1, -0.05) is 18.2 Å². The highest BCUT2D eigenvalue weighted by molar-refractivity contribution is 7.90. The van der Waals surface area contributed by atoms with Crippen LogP contribution in [0.3, 0.4) is 0 Å². The quantitative estimate of drug-likeness (QED) is 0.684. The number of carbonyl (C=O) groups is 1. The maximum atomic E-state index is 12.3. The summed E-state index contributed by atoms with van der Waals surface area (Å²) in [6.07, 6.45) is 1.65. The molecular formula is C17H23N5O3S. The number of rotatable bonds is 6. The predicted octanol–water partition coefficient (Wildman–Crippen LogP) is 0.119. The highest BCUT2D eigenvalue weighted by atomic mass is 32.2. The summed E-state index contributed by atoms with van der Waals surface area (Å²) in [5, 5.41) is 5.88. The van der Waals surface area contributed by atoms with Gasteiger partial charge in [-0.15, -0.1) is 11.0 Å². The standard InChI is InChI=1S/C17H23N5O3S/c1-2-7-18-17(23)13-22-10-8-21(9-11-22)12-16-19-14-5-3-4-6-15(14)26(24,25)20-16/h2-6H,1,7-13H2,(H,18,23)(H,19,20). The lowest BCUT2D eigenvalue weighted by molar-refractivity contribution is -0.122. The molecule has 0 radical (unpaired) electrons. The number of sulfonamides is 1. The number of fused-ring (bicyclic) bond motifs is 1. The second kappa shape index (κ2) is 7.98. The molecule has 26 heavy (non-hydrogen) atoms. The fourth-order valence-electron chi connectivity index (χ4n) is 3.00. The van der Waals surface area contributed by atoms with Gasteiger partial charge in [-0.3, -0.25) is 14.6 Å². The summed E-state index contributed by atoms with van der Waals surface area (Å²) < 4.78 is 28.5. The van der Waals surface area contributed by atoms with Crippen LogP contribution in [0.5, 0.6) is 0 Å². The summed E-state index contributed by atoms with van der Waals surface area (Å²) in [4.78, 5) is 16.2. The van der Waals surface area contributed by atoms with Crippen molar-refractivity contribution < 1.29 is 13.2 Å². The number of hydrogen-bond acceptors (Lipinski definition) is 6. The van der Waals surface area contributed by atoms with E-state index in [2.05, 4.69) is 31.4 Å². The van der Waals surface area contributed by atoms with E-state index in [1.54, 1.807) is 30.3 Å². The van der Waals surface area contributed by atoms with Crippen LogP contribution in [0.2, 0.25) is 0 Å². The number of nitrogens with zero attached hydrogens (tertiary/aromatic N) is 3. The van der Waals surface area contributed by atoms with Crippen molar-refractivity contribution in [2.24, 2.45) is 4.40 Å². The van der Waals surface area contributed by atoms with Gasteiger partial charge in [-0.2, -0.15) is 8.42 Å². The van der Waals surface area contributed by atoms with Crippen LogP contribution in [0.1, 0.15) is 0 Å². The first-order chi connectivity index (χ1) is 12.5. The zero-order valence-corrected chi connectivity index (χ0v) is 15.3. The van der Waals surface area contributed by atoms with Crippen LogP contribution in [0, 0.1) is 0 Å². The maximum absolute atomic E-state index is 12.3. The molecule has 0 bridgehead atoms. The Bertz CT molecular complexity index is 813. The van der Waals surface area contributed by atoms with Gasteiger partial charge in [0.15, 0.2) is 0 Å². The Morgan fingerprint density at radius 3 is 2.65 bits per heavy atom. The molecule has 0 saturated carbocycles. The van der Waals surface area contributed by atoms with Crippen LogP contribution in [0.4, 0.5) is 5.69 Å². The highest BCUT2D eigenvalue weighted by Gasteiger charge is 2.26. The fraction of sp³-hybridized carbons (Fsp3) is 0.412. The summed E-state index contributed by atoms with van der Waals surface area (Å²) >= 11 is 0. The van der Waals surface area contributed by atoms with Crippen molar-refractivity contribution in [3.8, 4) is 0 Å². The molecular weight excluding hydrogens is 354 g/mol.